The van der Waals surface area contributed by atoms with Gasteiger partial charge in [-0.2, -0.15) is 12.4 Å². The molecule has 2 aliphatic heterocycles. The van der Waals surface area contributed by atoms with Crippen molar-refractivity contribution in [3.63, 3.8) is 0 Å². The number of aliphatic hydroxyl groups excluding tert-OH is 2. The number of phenolic OH excluding ortho intramolecular Hbond substituents is 2. The Kier molecular flexibility index (Phi) is 9.18. The Morgan fingerprint density at radius 3 is 2.72 bits per heavy atom. The number of phenols is 3. The predicted molar refractivity (Wildman–Crippen MR) is 188 cm³/mol. The van der Waals surface area contributed by atoms with Gasteiger partial charge in [0.2, 0.25) is 5.75 Å². The van der Waals surface area contributed by atoms with Crippen molar-refractivity contribution in [1.29, 1.82) is 0 Å². The lowest BCUT2D eigenvalue weighted by atomic mass is 9.65. The second kappa shape index (κ2) is 13.8. The van der Waals surface area contributed by atoms with Gasteiger partial charge in [0.1, 0.15) is 5.75 Å². The van der Waals surface area contributed by atoms with Gasteiger partial charge in [0.15, 0.2) is 11.5 Å². The van der Waals surface area contributed by atoms with E-state index in [9.17, 15) is 25.5 Å². The van der Waals surface area contributed by atoms with Gasteiger partial charge in [-0.1, -0.05) is 47.6 Å². The van der Waals surface area contributed by atoms with E-state index in [0.717, 1.165) is 49.8 Å². The van der Waals surface area contributed by atoms with E-state index < -0.39 is 30.3 Å². The molecule has 50 heavy (non-hydrogen) atoms. The maximum Gasteiger partial charge on any atom is 0.201 e. The molecule has 1 aromatic heterocycles. The summed E-state index contributed by atoms with van der Waals surface area (Å²) in [4.78, 5) is 4.18. The average Bonchev–Trinajstić information content (AvgIpc) is 3.65. The highest BCUT2D eigenvalue weighted by molar-refractivity contribution is 5.64. The first-order chi connectivity index (χ1) is 24.3. The highest BCUT2D eigenvalue weighted by Gasteiger charge is 2.45. The van der Waals surface area contributed by atoms with Crippen LogP contribution in [0.1, 0.15) is 103 Å². The number of nitrogens with zero attached hydrogens (tertiary/aromatic N) is 1. The van der Waals surface area contributed by atoms with Crippen molar-refractivity contribution in [2.45, 2.75) is 101 Å². The van der Waals surface area contributed by atoms with Gasteiger partial charge in [-0.25, -0.2) is 0 Å². The summed E-state index contributed by atoms with van der Waals surface area (Å²) < 4.78 is 12.5. The molecule has 3 aromatic rings. The molecular formula is C41H49N2O7-. The van der Waals surface area contributed by atoms with Gasteiger partial charge >= 0.3 is 0 Å². The third kappa shape index (κ3) is 5.92. The number of ether oxygens (including phenoxy) is 2. The molecule has 3 fully saturated rings. The van der Waals surface area contributed by atoms with Gasteiger partial charge in [-0.3, -0.25) is 0 Å². The van der Waals surface area contributed by atoms with E-state index in [-0.39, 0.29) is 35.2 Å². The molecule has 0 unspecified atom stereocenters. The lowest BCUT2D eigenvalue weighted by molar-refractivity contribution is -0.154. The minimum Gasteiger partial charge on any atom is -0.670 e. The Hall–Kier alpha value is -3.76. The smallest absolute Gasteiger partial charge is 0.201 e. The number of fused-ring (bicyclic) bond motifs is 3. The molecule has 0 amide bonds. The summed E-state index contributed by atoms with van der Waals surface area (Å²) >= 11 is 0. The average molecular weight is 682 g/mol. The third-order valence-corrected chi connectivity index (χ3v) is 12.5. The van der Waals surface area contributed by atoms with E-state index >= 15 is 0 Å². The second-order valence-corrected chi connectivity index (χ2v) is 15.2. The molecule has 0 radical (unpaired) electrons. The van der Waals surface area contributed by atoms with Crippen molar-refractivity contribution < 1.29 is 35.0 Å². The number of methoxy groups -OCH3 is 1. The Bertz CT molecular complexity index is 1770. The molecule has 6 N–H and O–H groups in total. The molecule has 1 saturated carbocycles. The fourth-order valence-electron chi connectivity index (χ4n) is 10.0. The van der Waals surface area contributed by atoms with Crippen LogP contribution in [0.2, 0.25) is 0 Å². The number of aliphatic hydroxyl groups is 2. The zero-order chi connectivity index (χ0) is 34.5. The van der Waals surface area contributed by atoms with Crippen molar-refractivity contribution in [1.82, 2.24) is 10.3 Å². The Morgan fingerprint density at radius 2 is 1.92 bits per heavy atom. The molecule has 0 bridgehead atoms. The number of hydrogen-bond donors (Lipinski definition) is 6. The highest BCUT2D eigenvalue weighted by atomic mass is 16.5. The molecule has 8 rings (SSSR count). The molecule has 2 aromatic carbocycles. The maximum absolute atomic E-state index is 11.6. The summed E-state index contributed by atoms with van der Waals surface area (Å²) in [5.41, 5.74) is 5.90. The number of aromatic nitrogens is 1. The molecule has 3 heterocycles. The largest absolute Gasteiger partial charge is 0.670 e. The van der Waals surface area contributed by atoms with E-state index in [1.165, 1.54) is 24.7 Å². The number of nitrogens with one attached hydrogen (secondary N) is 1. The number of piperidine rings is 1. The normalized spacial score (nSPS) is 32.1. The first-order valence-corrected chi connectivity index (χ1v) is 18.4. The molecule has 0 spiro atoms. The lowest BCUT2D eigenvalue weighted by Gasteiger charge is -2.46. The fraction of sp³-hybridized carbons (Fsp3) is 0.512. The predicted octanol–water partition coefficient (Wildman–Crippen LogP) is 5.99. The van der Waals surface area contributed by atoms with Crippen LogP contribution in [0.15, 0.2) is 60.5 Å². The molecule has 3 aliphatic carbocycles. The molecule has 266 valence electrons. The first-order valence-electron chi connectivity index (χ1n) is 18.4. The lowest BCUT2D eigenvalue weighted by Crippen LogP contribution is -2.44. The van der Waals surface area contributed by atoms with E-state index in [1.54, 1.807) is 12.4 Å². The van der Waals surface area contributed by atoms with Crippen LogP contribution < -0.4 is 15.0 Å². The number of allylic oxidation sites excluding steroid dienone is 3. The monoisotopic (exact) mass is 681 g/mol. The Morgan fingerprint density at radius 1 is 1.04 bits per heavy atom. The van der Waals surface area contributed by atoms with Gasteiger partial charge in [0, 0.05) is 41.0 Å². The minimum absolute atomic E-state index is 0.0417. The van der Waals surface area contributed by atoms with Crippen LogP contribution in [0, 0.1) is 17.8 Å². The molecule has 5 aliphatic rings. The summed E-state index contributed by atoms with van der Waals surface area (Å²) in [6, 6.07) is 8.48. The summed E-state index contributed by atoms with van der Waals surface area (Å²) in [6.07, 6.45) is 16.6. The topological polar surface area (TPSA) is 146 Å². The van der Waals surface area contributed by atoms with E-state index in [0.29, 0.717) is 54.0 Å². The summed E-state index contributed by atoms with van der Waals surface area (Å²) in [5.74, 6) is 0.789. The SMILES string of the molecule is COc1c(O)c(O)c(CO)c([C@@H]2C[C@H](O)[C@@H]3CC[C@@H](c4ccc(O)c([C@@H]5C=CC[C@H]6C[C@H]7NCCCC7=C[C@H]65)c4)C[C@@H]3O2)c1Cc1cc[n-]c1. The van der Waals surface area contributed by atoms with Crippen molar-refractivity contribution in [2.24, 2.45) is 17.8 Å². The number of rotatable bonds is 7. The molecule has 9 heteroatoms. The van der Waals surface area contributed by atoms with Crippen LogP contribution in [0.3, 0.4) is 0 Å². The van der Waals surface area contributed by atoms with Crippen LogP contribution in [-0.4, -0.2) is 57.4 Å². The van der Waals surface area contributed by atoms with Crippen molar-refractivity contribution >= 4 is 0 Å². The minimum atomic E-state index is -0.640. The van der Waals surface area contributed by atoms with Crippen LogP contribution in [0.4, 0.5) is 0 Å². The number of aromatic hydroxyl groups is 3. The Balaban J connectivity index is 1.08. The van der Waals surface area contributed by atoms with Gasteiger partial charge in [0.25, 0.3) is 0 Å². The zero-order valence-corrected chi connectivity index (χ0v) is 28.7. The number of benzene rings is 2. The summed E-state index contributed by atoms with van der Waals surface area (Å²) in [6.45, 7) is 0.577. The molecule has 9 nitrogen and oxygen atoms in total. The van der Waals surface area contributed by atoms with Crippen LogP contribution >= 0.6 is 0 Å². The van der Waals surface area contributed by atoms with Gasteiger partial charge in [-0.05, 0) is 92.9 Å². The standard InChI is InChI=1S/C41H49N2O7/c1-49-41-31(14-22-11-13-42-20-22)38(32(21-44)39(47)40(41)48)37-19-35(46)28-9-7-24(18-36(28)50-37)23-8-10-34(45)30(15-23)27-6-2-4-25-17-33-26(16-29(25)27)5-3-12-43-33/h2,6,8,10-11,13,15-16,20,24-25,27-29,33,35-37,43-48H,3-5,7,9,12,14,17-19,21H2,1H3/q-1/t24-,25+,27-,28+,29-,33-,35+,36+,37+/m1/s1. The van der Waals surface area contributed by atoms with Gasteiger partial charge in [-0.15, -0.1) is 0 Å². The Labute approximate surface area is 293 Å². The number of hydrogen-bond acceptors (Lipinski definition) is 8. The van der Waals surface area contributed by atoms with Crippen LogP contribution in [0.5, 0.6) is 23.0 Å². The van der Waals surface area contributed by atoms with Crippen LogP contribution in [-0.2, 0) is 17.8 Å². The van der Waals surface area contributed by atoms with E-state index in [2.05, 4.69) is 34.6 Å². The molecular weight excluding hydrogens is 632 g/mol. The third-order valence-electron chi connectivity index (χ3n) is 12.5. The molecule has 9 atom stereocenters. The first kappa shape index (κ1) is 33.4. The summed E-state index contributed by atoms with van der Waals surface area (Å²) in [7, 11) is 1.44. The maximum atomic E-state index is 11.6. The van der Waals surface area contributed by atoms with Crippen LogP contribution in [0.25, 0.3) is 0 Å². The van der Waals surface area contributed by atoms with E-state index in [1.807, 2.05) is 18.2 Å². The highest BCUT2D eigenvalue weighted by Crippen LogP contribution is 2.53. The second-order valence-electron chi connectivity index (χ2n) is 15.2. The van der Waals surface area contributed by atoms with Crippen molar-refractivity contribution in [3.05, 3.63) is 93.8 Å². The van der Waals surface area contributed by atoms with Crippen molar-refractivity contribution in [2.75, 3.05) is 13.7 Å². The quantitative estimate of drug-likeness (QED) is 0.131. The zero-order valence-electron chi connectivity index (χ0n) is 28.7. The van der Waals surface area contributed by atoms with E-state index in [4.69, 9.17) is 9.47 Å². The van der Waals surface area contributed by atoms with Gasteiger partial charge in [0.05, 0.1) is 32.0 Å². The van der Waals surface area contributed by atoms with Gasteiger partial charge < -0.3 is 45.3 Å². The summed E-state index contributed by atoms with van der Waals surface area (Å²) in [5, 5.41) is 58.9. The fourth-order valence-corrected chi connectivity index (χ4v) is 10.0. The van der Waals surface area contributed by atoms with Crippen molar-refractivity contribution in [3.8, 4) is 23.0 Å². The molecule has 2 saturated heterocycles.